The van der Waals surface area contributed by atoms with Gasteiger partial charge in [-0.15, -0.1) is 0 Å². The van der Waals surface area contributed by atoms with Crippen molar-refractivity contribution < 1.29 is 4.74 Å². The van der Waals surface area contributed by atoms with Crippen molar-refractivity contribution in [3.8, 4) is 0 Å². The van der Waals surface area contributed by atoms with Crippen LogP contribution in [0.25, 0.3) is 0 Å². The smallest absolute Gasteiger partial charge is 0.157 e. The minimum absolute atomic E-state index is 0.00401. The Hall–Kier alpha value is -1.00. The first-order valence-corrected chi connectivity index (χ1v) is 6.29. The SMILES string of the molecule is CCOC(CC)c1nc(C)c(CCN)c(C)n1. The largest absolute Gasteiger partial charge is 0.371 e. The first-order valence-electron chi connectivity index (χ1n) is 6.29. The van der Waals surface area contributed by atoms with E-state index in [-0.39, 0.29) is 6.10 Å². The Morgan fingerprint density at radius 1 is 1.18 bits per heavy atom. The highest BCUT2D eigenvalue weighted by Gasteiger charge is 2.15. The van der Waals surface area contributed by atoms with Crippen molar-refractivity contribution in [2.75, 3.05) is 13.2 Å². The van der Waals surface area contributed by atoms with Crippen molar-refractivity contribution in [2.45, 2.75) is 46.6 Å². The first kappa shape index (κ1) is 14.1. The van der Waals surface area contributed by atoms with Crippen LogP contribution in [0.5, 0.6) is 0 Å². The van der Waals surface area contributed by atoms with E-state index in [2.05, 4.69) is 16.9 Å². The van der Waals surface area contributed by atoms with Gasteiger partial charge in [-0.1, -0.05) is 6.92 Å². The summed E-state index contributed by atoms with van der Waals surface area (Å²) in [7, 11) is 0. The molecule has 17 heavy (non-hydrogen) atoms. The molecule has 0 aromatic carbocycles. The minimum atomic E-state index is 0.00401. The zero-order valence-corrected chi connectivity index (χ0v) is 11.3. The number of aryl methyl sites for hydroxylation is 2. The molecular formula is C13H23N3O. The number of hydrogen-bond acceptors (Lipinski definition) is 4. The van der Waals surface area contributed by atoms with E-state index >= 15 is 0 Å². The Kier molecular flexibility index (Phi) is 5.51. The molecule has 0 aliphatic carbocycles. The minimum Gasteiger partial charge on any atom is -0.371 e. The second-order valence-corrected chi connectivity index (χ2v) is 4.12. The Bertz CT molecular complexity index is 343. The van der Waals surface area contributed by atoms with Crippen molar-refractivity contribution in [1.82, 2.24) is 9.97 Å². The van der Waals surface area contributed by atoms with Gasteiger partial charge in [-0.25, -0.2) is 9.97 Å². The molecule has 0 aliphatic heterocycles. The monoisotopic (exact) mass is 237 g/mol. The molecule has 0 fully saturated rings. The zero-order valence-electron chi connectivity index (χ0n) is 11.3. The van der Waals surface area contributed by atoms with Crippen LogP contribution in [0, 0.1) is 13.8 Å². The fraction of sp³-hybridized carbons (Fsp3) is 0.692. The van der Waals surface area contributed by atoms with E-state index in [0.29, 0.717) is 13.2 Å². The quantitative estimate of drug-likeness (QED) is 0.823. The maximum Gasteiger partial charge on any atom is 0.157 e. The summed E-state index contributed by atoms with van der Waals surface area (Å²) >= 11 is 0. The van der Waals surface area contributed by atoms with Crippen LogP contribution in [0.15, 0.2) is 0 Å². The molecule has 2 N–H and O–H groups in total. The second kappa shape index (κ2) is 6.67. The number of ether oxygens (including phenoxy) is 1. The Labute approximate surface area is 104 Å². The topological polar surface area (TPSA) is 61.0 Å². The second-order valence-electron chi connectivity index (χ2n) is 4.12. The summed E-state index contributed by atoms with van der Waals surface area (Å²) in [6.07, 6.45) is 1.73. The molecule has 96 valence electrons. The van der Waals surface area contributed by atoms with Crippen LogP contribution in [0.2, 0.25) is 0 Å². The maximum atomic E-state index is 5.64. The summed E-state index contributed by atoms with van der Waals surface area (Å²) < 4.78 is 5.64. The Morgan fingerprint density at radius 3 is 2.18 bits per heavy atom. The van der Waals surface area contributed by atoms with Gasteiger partial charge in [-0.3, -0.25) is 0 Å². The average molecular weight is 237 g/mol. The Morgan fingerprint density at radius 2 is 1.76 bits per heavy atom. The lowest BCUT2D eigenvalue weighted by atomic mass is 10.1. The Balaban J connectivity index is 3.03. The molecule has 0 radical (unpaired) electrons. The third-order valence-corrected chi connectivity index (χ3v) is 2.86. The van der Waals surface area contributed by atoms with E-state index in [0.717, 1.165) is 30.1 Å². The molecular weight excluding hydrogens is 214 g/mol. The van der Waals surface area contributed by atoms with Gasteiger partial charge in [-0.05, 0) is 45.7 Å². The van der Waals surface area contributed by atoms with Gasteiger partial charge in [-0.2, -0.15) is 0 Å². The first-order chi connectivity index (χ1) is 8.13. The lowest BCUT2D eigenvalue weighted by Crippen LogP contribution is -2.14. The molecule has 1 unspecified atom stereocenters. The van der Waals surface area contributed by atoms with Crippen LogP contribution in [0.4, 0.5) is 0 Å². The summed E-state index contributed by atoms with van der Waals surface area (Å²) in [6.45, 7) is 9.43. The summed E-state index contributed by atoms with van der Waals surface area (Å²) in [6, 6.07) is 0. The van der Waals surface area contributed by atoms with Gasteiger partial charge in [0.15, 0.2) is 5.82 Å². The van der Waals surface area contributed by atoms with E-state index in [1.807, 2.05) is 20.8 Å². The highest BCUT2D eigenvalue weighted by Crippen LogP contribution is 2.20. The predicted octanol–water partition coefficient (Wildman–Crippen LogP) is 2.08. The number of hydrogen-bond donors (Lipinski definition) is 1. The summed E-state index contributed by atoms with van der Waals surface area (Å²) in [5.41, 5.74) is 8.81. The van der Waals surface area contributed by atoms with Gasteiger partial charge in [0, 0.05) is 18.0 Å². The molecule has 1 rings (SSSR count). The number of rotatable bonds is 6. The highest BCUT2D eigenvalue weighted by atomic mass is 16.5. The van der Waals surface area contributed by atoms with Crippen molar-refractivity contribution in [3.05, 3.63) is 22.8 Å². The molecule has 1 atom stereocenters. The number of nitrogens with two attached hydrogens (primary N) is 1. The van der Waals surface area contributed by atoms with Gasteiger partial charge in [0.25, 0.3) is 0 Å². The molecule has 0 amide bonds. The van der Waals surface area contributed by atoms with E-state index in [1.165, 1.54) is 5.56 Å². The van der Waals surface area contributed by atoms with Crippen LogP contribution in [0.1, 0.15) is 49.1 Å². The van der Waals surface area contributed by atoms with E-state index < -0.39 is 0 Å². The van der Waals surface area contributed by atoms with Crippen molar-refractivity contribution in [3.63, 3.8) is 0 Å². The molecule has 0 saturated carbocycles. The van der Waals surface area contributed by atoms with Crippen molar-refractivity contribution in [2.24, 2.45) is 5.73 Å². The lowest BCUT2D eigenvalue weighted by Gasteiger charge is -2.16. The molecule has 0 aliphatic rings. The van der Waals surface area contributed by atoms with E-state index in [9.17, 15) is 0 Å². The van der Waals surface area contributed by atoms with Crippen LogP contribution in [-0.4, -0.2) is 23.1 Å². The van der Waals surface area contributed by atoms with Crippen LogP contribution >= 0.6 is 0 Å². The fourth-order valence-corrected chi connectivity index (χ4v) is 1.99. The van der Waals surface area contributed by atoms with Crippen molar-refractivity contribution in [1.29, 1.82) is 0 Å². The molecule has 1 aromatic rings. The van der Waals surface area contributed by atoms with Crippen LogP contribution in [-0.2, 0) is 11.2 Å². The van der Waals surface area contributed by atoms with Gasteiger partial charge in [0.2, 0.25) is 0 Å². The summed E-state index contributed by atoms with van der Waals surface area (Å²) in [4.78, 5) is 9.10. The van der Waals surface area contributed by atoms with Gasteiger partial charge in [0.1, 0.15) is 6.10 Å². The molecule has 1 aromatic heterocycles. The standard InChI is InChI=1S/C13H23N3O/c1-5-12(17-6-2)13-15-9(3)11(7-8-14)10(4)16-13/h12H,5-8,14H2,1-4H3. The molecule has 4 heteroatoms. The average Bonchev–Trinajstić information content (AvgIpc) is 2.30. The lowest BCUT2D eigenvalue weighted by molar-refractivity contribution is 0.0532. The van der Waals surface area contributed by atoms with Crippen LogP contribution < -0.4 is 5.73 Å². The molecule has 0 spiro atoms. The highest BCUT2D eigenvalue weighted by molar-refractivity contribution is 5.25. The summed E-state index contributed by atoms with van der Waals surface area (Å²) in [5, 5.41) is 0. The third kappa shape index (κ3) is 3.48. The van der Waals surface area contributed by atoms with E-state index in [1.54, 1.807) is 0 Å². The van der Waals surface area contributed by atoms with Crippen LogP contribution in [0.3, 0.4) is 0 Å². The molecule has 0 bridgehead atoms. The maximum absolute atomic E-state index is 5.64. The van der Waals surface area contributed by atoms with Gasteiger partial charge >= 0.3 is 0 Å². The summed E-state index contributed by atoms with van der Waals surface area (Å²) in [5.74, 6) is 0.796. The van der Waals surface area contributed by atoms with Gasteiger partial charge in [0.05, 0.1) is 0 Å². The number of nitrogens with zero attached hydrogens (tertiary/aromatic N) is 2. The van der Waals surface area contributed by atoms with Crippen molar-refractivity contribution >= 4 is 0 Å². The zero-order chi connectivity index (χ0) is 12.8. The molecule has 0 saturated heterocycles. The predicted molar refractivity (Wildman–Crippen MR) is 68.9 cm³/mol. The molecule has 4 nitrogen and oxygen atoms in total. The molecule has 1 heterocycles. The normalized spacial score (nSPS) is 12.8. The van der Waals surface area contributed by atoms with E-state index in [4.69, 9.17) is 10.5 Å². The fourth-order valence-electron chi connectivity index (χ4n) is 1.99. The third-order valence-electron chi connectivity index (χ3n) is 2.86. The van der Waals surface area contributed by atoms with Gasteiger partial charge < -0.3 is 10.5 Å². The number of aromatic nitrogens is 2.